The average Bonchev–Trinajstić information content (AvgIpc) is 2.95. The third-order valence-electron chi connectivity index (χ3n) is 3.55. The lowest BCUT2D eigenvalue weighted by molar-refractivity contribution is -0.297. The van der Waals surface area contributed by atoms with Crippen LogP contribution in [-0.4, -0.2) is 43.6 Å². The summed E-state index contributed by atoms with van der Waals surface area (Å²) in [4.78, 5) is 19.9. The van der Waals surface area contributed by atoms with Gasteiger partial charge in [-0.1, -0.05) is 0 Å². The van der Waals surface area contributed by atoms with Crippen LogP contribution in [0.3, 0.4) is 0 Å². The molecule has 0 aromatic carbocycles. The highest BCUT2D eigenvalue weighted by atomic mass is 19.4. The molecule has 0 spiro atoms. The van der Waals surface area contributed by atoms with E-state index in [0.717, 1.165) is 6.20 Å². The largest absolute Gasteiger partial charge is 0.438 e. The number of aliphatic hydroxyl groups is 1. The number of carbonyl (C=O) groups is 1. The monoisotopic (exact) mass is 336 g/mol. The second-order valence-corrected chi connectivity index (χ2v) is 5.13. The SMILES string of the molecule is O=C(c1cccnc1)N1N=C(c2ccncc2)C[C@]1(O)C(F)(F)F. The van der Waals surface area contributed by atoms with Gasteiger partial charge in [0.1, 0.15) is 0 Å². The summed E-state index contributed by atoms with van der Waals surface area (Å²) in [7, 11) is 0. The summed E-state index contributed by atoms with van der Waals surface area (Å²) in [6.07, 6.45) is -0.691. The molecule has 124 valence electrons. The molecule has 0 unspecified atom stereocenters. The van der Waals surface area contributed by atoms with Crippen molar-refractivity contribution in [1.82, 2.24) is 15.0 Å². The van der Waals surface area contributed by atoms with E-state index in [1.807, 2.05) is 0 Å². The molecule has 0 bridgehead atoms. The number of halogens is 3. The molecule has 6 nitrogen and oxygen atoms in total. The number of pyridine rings is 2. The molecule has 0 aliphatic carbocycles. The first-order valence-corrected chi connectivity index (χ1v) is 6.84. The van der Waals surface area contributed by atoms with Crippen molar-refractivity contribution in [2.45, 2.75) is 18.3 Å². The number of hydrazone groups is 1. The lowest BCUT2D eigenvalue weighted by atomic mass is 10.0. The summed E-state index contributed by atoms with van der Waals surface area (Å²) in [5.74, 6) is -1.09. The quantitative estimate of drug-likeness (QED) is 0.909. The Morgan fingerprint density at radius 2 is 1.88 bits per heavy atom. The van der Waals surface area contributed by atoms with Gasteiger partial charge in [0.05, 0.1) is 17.7 Å². The Hall–Kier alpha value is -2.81. The van der Waals surface area contributed by atoms with Crippen molar-refractivity contribution in [2.75, 3.05) is 0 Å². The molecule has 0 fully saturated rings. The number of aromatic nitrogens is 2. The van der Waals surface area contributed by atoms with Crippen molar-refractivity contribution in [3.8, 4) is 0 Å². The Morgan fingerprint density at radius 1 is 1.17 bits per heavy atom. The summed E-state index contributed by atoms with van der Waals surface area (Å²) in [5, 5.41) is 14.0. The van der Waals surface area contributed by atoms with Crippen LogP contribution in [0.2, 0.25) is 0 Å². The molecule has 2 aromatic rings. The second-order valence-electron chi connectivity index (χ2n) is 5.13. The van der Waals surface area contributed by atoms with Gasteiger partial charge in [-0.05, 0) is 24.3 Å². The van der Waals surface area contributed by atoms with Crippen LogP contribution in [0.15, 0.2) is 54.2 Å². The van der Waals surface area contributed by atoms with Crippen molar-refractivity contribution < 1.29 is 23.1 Å². The van der Waals surface area contributed by atoms with E-state index in [9.17, 15) is 23.1 Å². The molecule has 3 rings (SSSR count). The molecule has 1 amide bonds. The van der Waals surface area contributed by atoms with Crippen molar-refractivity contribution >= 4 is 11.6 Å². The van der Waals surface area contributed by atoms with Crippen LogP contribution in [0.5, 0.6) is 0 Å². The van der Waals surface area contributed by atoms with Crippen LogP contribution in [-0.2, 0) is 0 Å². The number of carbonyl (C=O) groups excluding carboxylic acids is 1. The second kappa shape index (κ2) is 5.68. The standard InChI is InChI=1S/C15H11F3N4O2/c16-15(17,18)14(24)8-12(10-3-6-19-7-4-10)21-22(14)13(23)11-2-1-5-20-9-11/h1-7,9,24H,8H2/t14-/m0/s1. The van der Waals surface area contributed by atoms with Gasteiger partial charge in [0.25, 0.3) is 11.6 Å². The minimum Gasteiger partial charge on any atom is -0.362 e. The molecular weight excluding hydrogens is 325 g/mol. The molecule has 9 heteroatoms. The Kier molecular flexibility index (Phi) is 3.80. The minimum atomic E-state index is -5.08. The lowest BCUT2D eigenvalue weighted by Crippen LogP contribution is -2.56. The number of hydrogen-bond acceptors (Lipinski definition) is 5. The Balaban J connectivity index is 2.05. The molecule has 1 aliphatic rings. The first-order valence-electron chi connectivity index (χ1n) is 6.84. The zero-order valence-corrected chi connectivity index (χ0v) is 12.1. The molecule has 0 radical (unpaired) electrons. The van der Waals surface area contributed by atoms with Crippen molar-refractivity contribution in [1.29, 1.82) is 0 Å². The zero-order chi connectivity index (χ0) is 17.4. The summed E-state index contributed by atoms with van der Waals surface area (Å²) >= 11 is 0. The molecule has 24 heavy (non-hydrogen) atoms. The van der Waals surface area contributed by atoms with E-state index in [1.54, 1.807) is 0 Å². The van der Waals surface area contributed by atoms with Crippen LogP contribution in [0.1, 0.15) is 22.3 Å². The van der Waals surface area contributed by atoms with Gasteiger partial charge in [0.15, 0.2) is 0 Å². The maximum absolute atomic E-state index is 13.4. The lowest BCUT2D eigenvalue weighted by Gasteiger charge is -2.32. The van der Waals surface area contributed by atoms with Crippen molar-refractivity contribution in [2.24, 2.45) is 5.10 Å². The van der Waals surface area contributed by atoms with Crippen LogP contribution < -0.4 is 0 Å². The smallest absolute Gasteiger partial charge is 0.362 e. The van der Waals surface area contributed by atoms with E-state index >= 15 is 0 Å². The maximum atomic E-state index is 13.4. The third kappa shape index (κ3) is 2.62. The average molecular weight is 336 g/mol. The Bertz CT molecular complexity index is 780. The van der Waals surface area contributed by atoms with Gasteiger partial charge in [-0.3, -0.25) is 14.8 Å². The summed E-state index contributed by atoms with van der Waals surface area (Å²) in [6, 6.07) is 5.61. The normalized spacial score (nSPS) is 20.8. The number of alkyl halides is 3. The molecule has 0 saturated heterocycles. The topological polar surface area (TPSA) is 78.7 Å². The number of rotatable bonds is 2. The molecule has 3 heterocycles. The molecule has 2 aromatic heterocycles. The van der Waals surface area contributed by atoms with Gasteiger partial charge in [-0.25, -0.2) is 0 Å². The number of nitrogens with zero attached hydrogens (tertiary/aromatic N) is 4. The van der Waals surface area contributed by atoms with Gasteiger partial charge >= 0.3 is 6.18 Å². The van der Waals surface area contributed by atoms with Crippen LogP contribution in [0.25, 0.3) is 0 Å². The van der Waals surface area contributed by atoms with Gasteiger partial charge in [-0.2, -0.15) is 23.3 Å². The molecule has 0 saturated carbocycles. The van der Waals surface area contributed by atoms with Gasteiger partial charge < -0.3 is 5.11 Å². The summed E-state index contributed by atoms with van der Waals surface area (Å²) in [5.41, 5.74) is -3.25. The van der Waals surface area contributed by atoms with Gasteiger partial charge in [-0.15, -0.1) is 0 Å². The van der Waals surface area contributed by atoms with E-state index in [0.29, 0.717) is 5.56 Å². The molecule has 1 N–H and O–H groups in total. The van der Waals surface area contributed by atoms with Crippen LogP contribution in [0, 0.1) is 0 Å². The predicted molar refractivity (Wildman–Crippen MR) is 76.8 cm³/mol. The number of hydrogen-bond donors (Lipinski definition) is 1. The predicted octanol–water partition coefficient (Wildman–Crippen LogP) is 1.98. The molecule has 1 atom stereocenters. The highest BCUT2D eigenvalue weighted by Crippen LogP contribution is 2.41. The fourth-order valence-electron chi connectivity index (χ4n) is 2.30. The summed E-state index contributed by atoms with van der Waals surface area (Å²) in [6.45, 7) is 0. The first-order chi connectivity index (χ1) is 11.3. The van der Waals surface area contributed by atoms with E-state index in [-0.39, 0.29) is 16.3 Å². The van der Waals surface area contributed by atoms with E-state index in [2.05, 4.69) is 15.1 Å². The first kappa shape index (κ1) is 16.1. The third-order valence-corrected chi connectivity index (χ3v) is 3.55. The Labute approximate surface area is 134 Å². The van der Waals surface area contributed by atoms with Crippen molar-refractivity contribution in [3.05, 3.63) is 60.2 Å². The highest BCUT2D eigenvalue weighted by molar-refractivity contribution is 6.05. The van der Waals surface area contributed by atoms with Crippen LogP contribution in [0.4, 0.5) is 13.2 Å². The van der Waals surface area contributed by atoms with Gasteiger partial charge in [0.2, 0.25) is 0 Å². The Morgan fingerprint density at radius 3 is 2.46 bits per heavy atom. The molecular formula is C15H11F3N4O2. The zero-order valence-electron chi connectivity index (χ0n) is 12.1. The van der Waals surface area contributed by atoms with Crippen molar-refractivity contribution in [3.63, 3.8) is 0 Å². The fraction of sp³-hybridized carbons (Fsp3) is 0.200. The van der Waals surface area contributed by atoms with Gasteiger partial charge in [0, 0.05) is 30.4 Å². The van der Waals surface area contributed by atoms with E-state index in [1.165, 1.54) is 42.9 Å². The number of amides is 1. The minimum absolute atomic E-state index is 0.0607. The maximum Gasteiger partial charge on any atom is 0.438 e. The molecule has 1 aliphatic heterocycles. The van der Waals surface area contributed by atoms with Crippen LogP contribution >= 0.6 is 0 Å². The highest BCUT2D eigenvalue weighted by Gasteiger charge is 2.63. The van der Waals surface area contributed by atoms with E-state index in [4.69, 9.17) is 0 Å². The summed E-state index contributed by atoms with van der Waals surface area (Å²) < 4.78 is 40.2. The van der Waals surface area contributed by atoms with E-state index < -0.39 is 24.2 Å². The fourth-order valence-corrected chi connectivity index (χ4v) is 2.30.